The van der Waals surface area contributed by atoms with Gasteiger partial charge in [-0.25, -0.2) is 4.79 Å². The van der Waals surface area contributed by atoms with Crippen LogP contribution in [-0.2, 0) is 32.4 Å². The van der Waals surface area contributed by atoms with Crippen molar-refractivity contribution in [1.29, 1.82) is 0 Å². The van der Waals surface area contributed by atoms with Crippen molar-refractivity contribution < 1.29 is 9.32 Å². The Bertz CT molecular complexity index is 711. The molecule has 26 heavy (non-hydrogen) atoms. The number of amides is 2. The van der Waals surface area contributed by atoms with E-state index in [1.807, 2.05) is 11.8 Å². The van der Waals surface area contributed by atoms with Gasteiger partial charge in [-0.15, -0.1) is 0 Å². The molecule has 0 aliphatic heterocycles. The van der Waals surface area contributed by atoms with Crippen LogP contribution in [0.4, 0.5) is 4.79 Å². The molecule has 0 bridgehead atoms. The van der Waals surface area contributed by atoms with Crippen LogP contribution in [0.2, 0.25) is 0 Å². The van der Waals surface area contributed by atoms with E-state index in [1.54, 1.807) is 0 Å². The summed E-state index contributed by atoms with van der Waals surface area (Å²) < 4.78 is 5.39. The second kappa shape index (κ2) is 8.39. The molecular weight excluding hydrogens is 326 g/mol. The van der Waals surface area contributed by atoms with Gasteiger partial charge in [0.2, 0.25) is 0 Å². The lowest BCUT2D eigenvalue weighted by molar-refractivity contribution is 0.191. The Morgan fingerprint density at radius 2 is 1.81 bits per heavy atom. The third kappa shape index (κ3) is 4.26. The number of urea groups is 1. The number of hydrogen-bond acceptors (Lipinski definition) is 3. The summed E-state index contributed by atoms with van der Waals surface area (Å²) in [5.41, 5.74) is 4.47. The van der Waals surface area contributed by atoms with Crippen LogP contribution < -0.4 is 5.32 Å². The summed E-state index contributed by atoms with van der Waals surface area (Å²) in [6, 6.07) is 8.92. The largest absolute Gasteiger partial charge is 0.361 e. The third-order valence-corrected chi connectivity index (χ3v) is 5.06. The second-order valence-corrected chi connectivity index (χ2v) is 6.93. The van der Waals surface area contributed by atoms with Gasteiger partial charge >= 0.3 is 6.03 Å². The van der Waals surface area contributed by atoms with Crippen LogP contribution in [0.25, 0.3) is 0 Å². The van der Waals surface area contributed by atoms with Crippen molar-refractivity contribution in [1.82, 2.24) is 15.4 Å². The Morgan fingerprint density at radius 1 is 1.12 bits per heavy atom. The standard InChI is InChI=1S/C21H29N3O2/c1-4-15-7-9-16(10-8-15)14-24(17-11-12-17)21(25)22-13-18-19(5-2)23-26-20(18)6-3/h7-10,17H,4-6,11-14H2,1-3H3,(H,22,25). The number of aryl methyl sites for hydroxylation is 3. The highest BCUT2D eigenvalue weighted by atomic mass is 16.5. The predicted molar refractivity (Wildman–Crippen MR) is 102 cm³/mol. The number of carbonyl (C=O) groups excluding carboxylic acids is 1. The summed E-state index contributed by atoms with van der Waals surface area (Å²) in [5, 5.41) is 7.21. The molecule has 3 rings (SSSR count). The van der Waals surface area contributed by atoms with Crippen LogP contribution >= 0.6 is 0 Å². The number of benzene rings is 1. The first-order valence-corrected chi connectivity index (χ1v) is 9.74. The molecule has 5 heteroatoms. The molecule has 1 fully saturated rings. The number of nitrogens with one attached hydrogen (secondary N) is 1. The maximum Gasteiger partial charge on any atom is 0.318 e. The number of nitrogens with zero attached hydrogens (tertiary/aromatic N) is 2. The number of rotatable bonds is 8. The Balaban J connectivity index is 1.65. The van der Waals surface area contributed by atoms with Gasteiger partial charge in [0.25, 0.3) is 0 Å². The van der Waals surface area contributed by atoms with Crippen LogP contribution in [0, 0.1) is 0 Å². The summed E-state index contributed by atoms with van der Waals surface area (Å²) >= 11 is 0. The van der Waals surface area contributed by atoms with Crippen molar-refractivity contribution in [3.05, 3.63) is 52.4 Å². The summed E-state index contributed by atoms with van der Waals surface area (Å²) in [4.78, 5) is 14.8. The minimum absolute atomic E-state index is 0.00243. The predicted octanol–water partition coefficient (Wildman–Crippen LogP) is 4.24. The van der Waals surface area contributed by atoms with Gasteiger partial charge < -0.3 is 14.7 Å². The highest BCUT2D eigenvalue weighted by Gasteiger charge is 2.32. The van der Waals surface area contributed by atoms with E-state index in [0.29, 0.717) is 19.1 Å². The van der Waals surface area contributed by atoms with Gasteiger partial charge in [-0.3, -0.25) is 0 Å². The molecule has 1 aromatic carbocycles. The van der Waals surface area contributed by atoms with Gasteiger partial charge in [0.1, 0.15) is 5.76 Å². The van der Waals surface area contributed by atoms with Gasteiger partial charge in [-0.1, -0.05) is 50.2 Å². The van der Waals surface area contributed by atoms with Gasteiger partial charge in [0.05, 0.1) is 5.69 Å². The molecule has 1 N–H and O–H groups in total. The first-order chi connectivity index (χ1) is 12.7. The molecule has 1 aliphatic carbocycles. The second-order valence-electron chi connectivity index (χ2n) is 6.93. The smallest absolute Gasteiger partial charge is 0.318 e. The summed E-state index contributed by atoms with van der Waals surface area (Å²) in [5.74, 6) is 0.871. The van der Waals surface area contributed by atoms with Crippen LogP contribution in [0.15, 0.2) is 28.8 Å². The minimum Gasteiger partial charge on any atom is -0.361 e. The molecule has 2 amide bonds. The van der Waals surface area contributed by atoms with E-state index in [4.69, 9.17) is 4.52 Å². The zero-order valence-corrected chi connectivity index (χ0v) is 16.0. The molecule has 0 radical (unpaired) electrons. The van der Waals surface area contributed by atoms with Crippen LogP contribution in [-0.4, -0.2) is 22.1 Å². The molecule has 2 aromatic rings. The van der Waals surface area contributed by atoms with Crippen molar-refractivity contribution in [2.24, 2.45) is 0 Å². The van der Waals surface area contributed by atoms with Gasteiger partial charge in [0.15, 0.2) is 0 Å². The average molecular weight is 355 g/mol. The van der Waals surface area contributed by atoms with Crippen LogP contribution in [0.1, 0.15) is 61.8 Å². The normalized spacial score (nSPS) is 13.7. The first kappa shape index (κ1) is 18.5. The van der Waals surface area contributed by atoms with Crippen molar-refractivity contribution in [3.63, 3.8) is 0 Å². The highest BCUT2D eigenvalue weighted by Crippen LogP contribution is 2.28. The van der Waals surface area contributed by atoms with Crippen LogP contribution in [0.5, 0.6) is 0 Å². The van der Waals surface area contributed by atoms with E-state index < -0.39 is 0 Å². The highest BCUT2D eigenvalue weighted by molar-refractivity contribution is 5.75. The Morgan fingerprint density at radius 3 is 2.38 bits per heavy atom. The van der Waals surface area contributed by atoms with E-state index in [2.05, 4.69) is 48.6 Å². The number of hydrogen-bond donors (Lipinski definition) is 1. The van der Waals surface area contributed by atoms with E-state index in [0.717, 1.165) is 49.1 Å². The quantitative estimate of drug-likeness (QED) is 0.771. The van der Waals surface area contributed by atoms with Crippen molar-refractivity contribution >= 4 is 6.03 Å². The lowest BCUT2D eigenvalue weighted by Crippen LogP contribution is -2.40. The third-order valence-electron chi connectivity index (χ3n) is 5.06. The molecule has 5 nitrogen and oxygen atoms in total. The van der Waals surface area contributed by atoms with Gasteiger partial charge in [0, 0.05) is 31.1 Å². The Labute approximate surface area is 155 Å². The molecule has 0 unspecified atom stereocenters. The molecule has 1 aliphatic rings. The molecule has 140 valence electrons. The van der Waals surface area contributed by atoms with Gasteiger partial charge in [-0.2, -0.15) is 0 Å². The summed E-state index contributed by atoms with van der Waals surface area (Å²) in [7, 11) is 0. The zero-order chi connectivity index (χ0) is 18.5. The van der Waals surface area contributed by atoms with Crippen molar-refractivity contribution in [3.8, 4) is 0 Å². The fourth-order valence-corrected chi connectivity index (χ4v) is 3.23. The SMILES string of the molecule is CCc1ccc(CN(C(=O)NCc2c(CC)noc2CC)C2CC2)cc1. The minimum atomic E-state index is -0.00243. The molecule has 1 saturated carbocycles. The molecule has 0 atom stereocenters. The Kier molecular flexibility index (Phi) is 5.96. The zero-order valence-electron chi connectivity index (χ0n) is 16.0. The van der Waals surface area contributed by atoms with Crippen LogP contribution in [0.3, 0.4) is 0 Å². The molecule has 1 aromatic heterocycles. The fraction of sp³-hybridized carbons (Fsp3) is 0.524. The summed E-state index contributed by atoms with van der Waals surface area (Å²) in [6.07, 6.45) is 4.81. The van der Waals surface area contributed by atoms with E-state index in [1.165, 1.54) is 11.1 Å². The van der Waals surface area contributed by atoms with E-state index >= 15 is 0 Å². The maximum absolute atomic E-state index is 12.8. The van der Waals surface area contributed by atoms with Crippen molar-refractivity contribution in [2.75, 3.05) is 0 Å². The summed E-state index contributed by atoms with van der Waals surface area (Å²) in [6.45, 7) is 7.39. The molecule has 1 heterocycles. The molecule has 0 saturated heterocycles. The maximum atomic E-state index is 12.8. The van der Waals surface area contributed by atoms with Crippen molar-refractivity contribution in [2.45, 2.75) is 72.0 Å². The lowest BCUT2D eigenvalue weighted by Gasteiger charge is -2.23. The first-order valence-electron chi connectivity index (χ1n) is 9.74. The number of carbonyl (C=O) groups is 1. The van der Waals surface area contributed by atoms with E-state index in [9.17, 15) is 4.79 Å². The molecule has 0 spiro atoms. The lowest BCUT2D eigenvalue weighted by atomic mass is 10.1. The number of aromatic nitrogens is 1. The average Bonchev–Trinajstić information content (AvgIpc) is 3.44. The Hall–Kier alpha value is -2.30. The fourth-order valence-electron chi connectivity index (χ4n) is 3.23. The monoisotopic (exact) mass is 355 g/mol. The topological polar surface area (TPSA) is 58.4 Å². The molecular formula is C21H29N3O2. The van der Waals surface area contributed by atoms with Gasteiger partial charge in [-0.05, 0) is 36.8 Å². The van der Waals surface area contributed by atoms with E-state index in [-0.39, 0.29) is 6.03 Å².